The predicted octanol–water partition coefficient (Wildman–Crippen LogP) is 3.28. The van der Waals surface area contributed by atoms with E-state index in [0.717, 1.165) is 11.1 Å². The molecule has 0 N–H and O–H groups in total. The normalized spacial score (nSPS) is 21.2. The Labute approximate surface area is 130 Å². The molecule has 0 bridgehead atoms. The van der Waals surface area contributed by atoms with Gasteiger partial charge in [-0.25, -0.2) is 12.4 Å². The molecule has 4 nitrogen and oxygen atoms in total. The minimum Gasteiger partial charge on any atom is -0.292 e. The van der Waals surface area contributed by atoms with E-state index in [1.54, 1.807) is 31.2 Å². The van der Waals surface area contributed by atoms with E-state index in [9.17, 15) is 13.2 Å². The van der Waals surface area contributed by atoms with Gasteiger partial charge in [0.2, 0.25) is 0 Å². The van der Waals surface area contributed by atoms with E-state index in [1.807, 2.05) is 26.8 Å². The molecule has 2 unspecified atom stereocenters. The van der Waals surface area contributed by atoms with Crippen molar-refractivity contribution in [3.63, 3.8) is 0 Å². The van der Waals surface area contributed by atoms with Gasteiger partial charge in [-0.1, -0.05) is 31.5 Å². The third-order valence-electron chi connectivity index (χ3n) is 4.61. The van der Waals surface area contributed by atoms with Gasteiger partial charge in [0.25, 0.3) is 10.0 Å². The van der Waals surface area contributed by atoms with Crippen molar-refractivity contribution in [2.45, 2.75) is 38.5 Å². The zero-order valence-corrected chi connectivity index (χ0v) is 13.9. The molecule has 0 saturated heterocycles. The quantitative estimate of drug-likeness (QED) is 0.854. The highest BCUT2D eigenvalue weighted by molar-refractivity contribution is 7.90. The zero-order chi connectivity index (χ0) is 16.2. The van der Waals surface area contributed by atoms with Gasteiger partial charge in [0, 0.05) is 11.6 Å². The molecule has 1 aliphatic rings. The molecule has 1 aromatic heterocycles. The monoisotopic (exact) mass is 317 g/mol. The fourth-order valence-electron chi connectivity index (χ4n) is 3.07. The molecule has 0 fully saturated rings. The lowest BCUT2D eigenvalue weighted by Gasteiger charge is -2.12. The molecule has 0 saturated carbocycles. The second-order valence-electron chi connectivity index (χ2n) is 6.11. The first-order valence-corrected chi connectivity index (χ1v) is 8.78. The van der Waals surface area contributed by atoms with Crippen LogP contribution in [-0.4, -0.2) is 18.2 Å². The molecular weight excluding hydrogens is 298 g/mol. The van der Waals surface area contributed by atoms with Crippen LogP contribution in [0, 0.1) is 19.8 Å². The Balaban J connectivity index is 2.24. The van der Waals surface area contributed by atoms with Gasteiger partial charge in [0.15, 0.2) is 5.78 Å². The van der Waals surface area contributed by atoms with Crippen LogP contribution in [0.3, 0.4) is 0 Å². The number of rotatable bonds is 2. The highest BCUT2D eigenvalue weighted by Gasteiger charge is 2.40. The smallest absolute Gasteiger partial charge is 0.268 e. The first kappa shape index (κ1) is 15.0. The lowest BCUT2D eigenvalue weighted by Crippen LogP contribution is -2.20. The molecule has 2 aromatic rings. The highest BCUT2D eigenvalue weighted by Crippen LogP contribution is 2.40. The van der Waals surface area contributed by atoms with Gasteiger partial charge in [0.1, 0.15) is 5.69 Å². The van der Waals surface area contributed by atoms with Crippen LogP contribution in [0.5, 0.6) is 0 Å². The lowest BCUT2D eigenvalue weighted by atomic mass is 9.96. The van der Waals surface area contributed by atoms with Gasteiger partial charge in [-0.05, 0) is 43.5 Å². The predicted molar refractivity (Wildman–Crippen MR) is 84.8 cm³/mol. The molecule has 116 valence electrons. The van der Waals surface area contributed by atoms with Crippen LogP contribution in [0.25, 0.3) is 0 Å². The Morgan fingerprint density at radius 2 is 1.59 bits per heavy atom. The first-order chi connectivity index (χ1) is 10.2. The second kappa shape index (κ2) is 4.81. The Morgan fingerprint density at radius 3 is 2.18 bits per heavy atom. The lowest BCUT2D eigenvalue weighted by molar-refractivity contribution is 0.0931. The number of benzene rings is 1. The summed E-state index contributed by atoms with van der Waals surface area (Å²) in [5, 5.41) is 0. The standard InChI is InChI=1S/C17H19NO3S/c1-10-5-7-14(8-6-10)22(20,21)18-11(2)9-15-12(3)13(4)17(19)16(15)18/h5-9,12-13H,1-4H3. The van der Waals surface area contributed by atoms with Crippen molar-refractivity contribution in [3.8, 4) is 0 Å². The number of hydrogen-bond donors (Lipinski definition) is 0. The highest BCUT2D eigenvalue weighted by atomic mass is 32.2. The van der Waals surface area contributed by atoms with Crippen LogP contribution in [-0.2, 0) is 10.0 Å². The average molecular weight is 317 g/mol. The number of carbonyl (C=O) groups is 1. The molecular formula is C17H19NO3S. The van der Waals surface area contributed by atoms with E-state index in [1.165, 1.54) is 3.97 Å². The Morgan fingerprint density at radius 1 is 1.00 bits per heavy atom. The Bertz CT molecular complexity index is 860. The van der Waals surface area contributed by atoms with Crippen molar-refractivity contribution in [1.82, 2.24) is 3.97 Å². The molecule has 0 radical (unpaired) electrons. The van der Waals surface area contributed by atoms with E-state index in [-0.39, 0.29) is 22.5 Å². The van der Waals surface area contributed by atoms with E-state index in [2.05, 4.69) is 0 Å². The van der Waals surface area contributed by atoms with E-state index < -0.39 is 10.0 Å². The van der Waals surface area contributed by atoms with Crippen molar-refractivity contribution in [2.75, 3.05) is 0 Å². The zero-order valence-electron chi connectivity index (χ0n) is 13.1. The molecule has 3 rings (SSSR count). The van der Waals surface area contributed by atoms with Crippen LogP contribution < -0.4 is 0 Å². The molecule has 1 aromatic carbocycles. The molecule has 2 atom stereocenters. The van der Waals surface area contributed by atoms with Crippen LogP contribution in [0.15, 0.2) is 35.2 Å². The van der Waals surface area contributed by atoms with Crippen LogP contribution in [0.2, 0.25) is 0 Å². The number of fused-ring (bicyclic) bond motifs is 1. The number of ketones is 1. The number of nitrogens with zero attached hydrogens (tertiary/aromatic N) is 1. The summed E-state index contributed by atoms with van der Waals surface area (Å²) in [4.78, 5) is 12.7. The third kappa shape index (κ3) is 1.96. The molecule has 0 aliphatic heterocycles. The van der Waals surface area contributed by atoms with Crippen molar-refractivity contribution >= 4 is 15.8 Å². The SMILES string of the molecule is Cc1ccc(S(=O)(=O)n2c(C)cc3c2C(=O)C(C)C3C)cc1. The fraction of sp³-hybridized carbons (Fsp3) is 0.353. The van der Waals surface area contributed by atoms with Crippen LogP contribution >= 0.6 is 0 Å². The second-order valence-corrected chi connectivity index (χ2v) is 7.90. The van der Waals surface area contributed by atoms with Crippen molar-refractivity contribution in [3.05, 3.63) is 52.8 Å². The third-order valence-corrected chi connectivity index (χ3v) is 6.43. The van der Waals surface area contributed by atoms with Crippen LogP contribution in [0.4, 0.5) is 0 Å². The number of carbonyl (C=O) groups excluding carboxylic acids is 1. The van der Waals surface area contributed by atoms with E-state index >= 15 is 0 Å². The van der Waals surface area contributed by atoms with Gasteiger partial charge < -0.3 is 0 Å². The van der Waals surface area contributed by atoms with Gasteiger partial charge >= 0.3 is 0 Å². The maximum absolute atomic E-state index is 13.0. The van der Waals surface area contributed by atoms with Gasteiger partial charge in [0.05, 0.1) is 4.90 Å². The molecule has 5 heteroatoms. The summed E-state index contributed by atoms with van der Waals surface area (Å²) in [6, 6.07) is 8.52. The summed E-state index contributed by atoms with van der Waals surface area (Å²) in [5.74, 6) is -0.216. The largest absolute Gasteiger partial charge is 0.292 e. The van der Waals surface area contributed by atoms with E-state index in [4.69, 9.17) is 0 Å². The first-order valence-electron chi connectivity index (χ1n) is 7.34. The minimum absolute atomic E-state index is 0.0515. The Hall–Kier alpha value is -1.88. The number of Topliss-reactive ketones (excluding diaryl/α,β-unsaturated/α-hetero) is 1. The molecule has 22 heavy (non-hydrogen) atoms. The summed E-state index contributed by atoms with van der Waals surface area (Å²) in [5.41, 5.74) is 2.74. The van der Waals surface area contributed by atoms with Crippen molar-refractivity contribution in [2.24, 2.45) is 5.92 Å². The topological polar surface area (TPSA) is 56.1 Å². The molecule has 1 heterocycles. The summed E-state index contributed by atoms with van der Waals surface area (Å²) >= 11 is 0. The van der Waals surface area contributed by atoms with Crippen LogP contribution in [0.1, 0.15) is 47.1 Å². The van der Waals surface area contributed by atoms with Gasteiger partial charge in [-0.15, -0.1) is 0 Å². The summed E-state index contributed by atoms with van der Waals surface area (Å²) in [7, 11) is -3.75. The van der Waals surface area contributed by atoms with Gasteiger partial charge in [-0.3, -0.25) is 4.79 Å². The number of aryl methyl sites for hydroxylation is 2. The van der Waals surface area contributed by atoms with Crippen molar-refractivity contribution in [1.29, 1.82) is 0 Å². The molecule has 1 aliphatic carbocycles. The summed E-state index contributed by atoms with van der Waals surface area (Å²) < 4.78 is 27.1. The molecule has 0 spiro atoms. The van der Waals surface area contributed by atoms with E-state index in [0.29, 0.717) is 11.4 Å². The average Bonchev–Trinajstić information content (AvgIpc) is 2.91. The number of hydrogen-bond acceptors (Lipinski definition) is 3. The maximum Gasteiger partial charge on any atom is 0.268 e. The maximum atomic E-state index is 13.0. The summed E-state index contributed by atoms with van der Waals surface area (Å²) in [6.07, 6.45) is 0. The Kier molecular flexibility index (Phi) is 3.29. The van der Waals surface area contributed by atoms with Crippen molar-refractivity contribution < 1.29 is 13.2 Å². The summed E-state index contributed by atoms with van der Waals surface area (Å²) in [6.45, 7) is 7.46. The minimum atomic E-state index is -3.75. The van der Waals surface area contributed by atoms with Gasteiger partial charge in [-0.2, -0.15) is 0 Å². The number of aromatic nitrogens is 1. The fourth-order valence-corrected chi connectivity index (χ4v) is 4.63. The molecule has 0 amide bonds.